The van der Waals surface area contributed by atoms with Crippen LogP contribution < -0.4 is 16.4 Å². The number of carbonyl (C=O) groups excluding carboxylic acids is 1. The lowest BCUT2D eigenvalue weighted by molar-refractivity contribution is -0.117. The molecule has 0 bridgehead atoms. The van der Waals surface area contributed by atoms with Gasteiger partial charge in [-0.1, -0.05) is 42.0 Å². The molecular weight excluding hydrogens is 310 g/mol. The molecule has 136 valence electrons. The highest BCUT2D eigenvalue weighted by atomic mass is 16.1. The summed E-state index contributed by atoms with van der Waals surface area (Å²) in [6, 6.07) is 12.4. The molecule has 2 atom stereocenters. The summed E-state index contributed by atoms with van der Waals surface area (Å²) in [7, 11) is 0. The van der Waals surface area contributed by atoms with Crippen molar-refractivity contribution in [2.75, 3.05) is 6.54 Å². The molecule has 0 aliphatic heterocycles. The molecule has 1 aromatic rings. The fourth-order valence-corrected chi connectivity index (χ4v) is 3.97. The van der Waals surface area contributed by atoms with Gasteiger partial charge in [0.2, 0.25) is 5.91 Å². The van der Waals surface area contributed by atoms with Gasteiger partial charge in [0.1, 0.15) is 0 Å². The van der Waals surface area contributed by atoms with E-state index in [2.05, 4.69) is 54.0 Å². The van der Waals surface area contributed by atoms with Gasteiger partial charge in [-0.25, -0.2) is 0 Å². The van der Waals surface area contributed by atoms with Crippen LogP contribution in [0, 0.1) is 5.92 Å². The van der Waals surface area contributed by atoms with Crippen molar-refractivity contribution in [2.24, 2.45) is 11.7 Å². The van der Waals surface area contributed by atoms with Gasteiger partial charge >= 0.3 is 0 Å². The second kappa shape index (κ2) is 8.63. The number of primary amides is 1. The maximum absolute atomic E-state index is 10.8. The molecule has 0 heterocycles. The Kier molecular flexibility index (Phi) is 6.27. The van der Waals surface area contributed by atoms with Crippen LogP contribution in [0.4, 0.5) is 0 Å². The van der Waals surface area contributed by atoms with E-state index in [1.807, 2.05) is 0 Å². The van der Waals surface area contributed by atoms with Gasteiger partial charge in [0.15, 0.2) is 0 Å². The highest BCUT2D eigenvalue weighted by Crippen LogP contribution is 2.39. The lowest BCUT2D eigenvalue weighted by Crippen LogP contribution is -2.41. The number of hydrogen-bond donors (Lipinski definition) is 3. The van der Waals surface area contributed by atoms with Crippen LogP contribution in [-0.4, -0.2) is 30.6 Å². The smallest absolute Gasteiger partial charge is 0.218 e. The molecule has 4 nitrogen and oxygen atoms in total. The average molecular weight is 341 g/mol. The normalized spacial score (nSPS) is 29.4. The molecule has 25 heavy (non-hydrogen) atoms. The standard InChI is InChI=1S/C21H31N3O/c1-15(13-16-5-3-2-4-6-16)19-14-20(19)24-18-9-7-17(8-10-18)23-12-11-21(22)25/h2-6,13,17-20,23-24H,7-12,14H2,1H3,(H2,22,25)/b15-13+/t17-,18+,19-,20?/m0/s1. The second-order valence-electron chi connectivity index (χ2n) is 7.63. The van der Waals surface area contributed by atoms with Crippen LogP contribution in [0.15, 0.2) is 35.9 Å². The molecule has 4 N–H and O–H groups in total. The summed E-state index contributed by atoms with van der Waals surface area (Å²) in [6.45, 7) is 2.98. The van der Waals surface area contributed by atoms with Gasteiger partial charge in [0.05, 0.1) is 0 Å². The van der Waals surface area contributed by atoms with E-state index in [-0.39, 0.29) is 5.91 Å². The molecule has 0 aromatic heterocycles. The Morgan fingerprint density at radius 3 is 2.52 bits per heavy atom. The van der Waals surface area contributed by atoms with Gasteiger partial charge in [-0.05, 0) is 50.5 Å². The largest absolute Gasteiger partial charge is 0.370 e. The second-order valence-corrected chi connectivity index (χ2v) is 7.63. The summed E-state index contributed by atoms with van der Waals surface area (Å²) in [5.74, 6) is 0.480. The number of amides is 1. The Labute approximate surface area is 151 Å². The van der Waals surface area contributed by atoms with E-state index in [1.165, 1.54) is 43.2 Å². The SMILES string of the molecule is C/C(=C\c1ccccc1)[C@@H]1CC1N[C@H]1CC[C@@H](NCCC(N)=O)CC1. The third kappa shape index (κ3) is 5.68. The minimum Gasteiger partial charge on any atom is -0.370 e. The maximum atomic E-state index is 10.8. The summed E-state index contributed by atoms with van der Waals surface area (Å²) in [6.07, 6.45) is 8.85. The van der Waals surface area contributed by atoms with Gasteiger partial charge in [0, 0.05) is 31.1 Å². The number of carbonyl (C=O) groups is 1. The molecule has 1 aromatic carbocycles. The first-order chi connectivity index (χ1) is 12.1. The Hall–Kier alpha value is -1.65. The topological polar surface area (TPSA) is 67.2 Å². The van der Waals surface area contributed by atoms with E-state index in [0.29, 0.717) is 37.0 Å². The summed E-state index contributed by atoms with van der Waals surface area (Å²) < 4.78 is 0. The fourth-order valence-electron chi connectivity index (χ4n) is 3.97. The Balaban J connectivity index is 1.36. The molecule has 2 aliphatic rings. The van der Waals surface area contributed by atoms with Crippen LogP contribution >= 0.6 is 0 Å². The monoisotopic (exact) mass is 341 g/mol. The van der Waals surface area contributed by atoms with Crippen molar-refractivity contribution in [1.82, 2.24) is 10.6 Å². The molecule has 2 saturated carbocycles. The molecule has 0 radical (unpaired) electrons. The van der Waals surface area contributed by atoms with Crippen LogP contribution in [0.1, 0.15) is 51.0 Å². The van der Waals surface area contributed by atoms with E-state index in [1.54, 1.807) is 0 Å². The molecule has 3 rings (SSSR count). The van der Waals surface area contributed by atoms with Crippen LogP contribution in [0.5, 0.6) is 0 Å². The van der Waals surface area contributed by atoms with E-state index < -0.39 is 0 Å². The minimum absolute atomic E-state index is 0.221. The highest BCUT2D eigenvalue weighted by molar-refractivity contribution is 5.73. The predicted molar refractivity (Wildman–Crippen MR) is 103 cm³/mol. The fraction of sp³-hybridized carbons (Fsp3) is 0.571. The summed E-state index contributed by atoms with van der Waals surface area (Å²) in [5, 5.41) is 7.32. The van der Waals surface area contributed by atoms with Crippen molar-refractivity contribution >= 4 is 12.0 Å². The van der Waals surface area contributed by atoms with Crippen LogP contribution in [0.25, 0.3) is 6.08 Å². The molecule has 2 fully saturated rings. The van der Waals surface area contributed by atoms with Crippen molar-refractivity contribution < 1.29 is 4.79 Å². The lowest BCUT2D eigenvalue weighted by Gasteiger charge is -2.30. The van der Waals surface area contributed by atoms with Crippen LogP contribution in [0.2, 0.25) is 0 Å². The van der Waals surface area contributed by atoms with Crippen molar-refractivity contribution in [3.8, 4) is 0 Å². The molecule has 1 unspecified atom stereocenters. The summed E-state index contributed by atoms with van der Waals surface area (Å²) in [5.41, 5.74) is 7.97. The van der Waals surface area contributed by atoms with Crippen molar-refractivity contribution in [1.29, 1.82) is 0 Å². The van der Waals surface area contributed by atoms with Crippen molar-refractivity contribution in [3.63, 3.8) is 0 Å². The highest BCUT2D eigenvalue weighted by Gasteiger charge is 2.39. The van der Waals surface area contributed by atoms with Crippen LogP contribution in [-0.2, 0) is 4.79 Å². The first kappa shape index (κ1) is 18.2. The minimum atomic E-state index is -0.221. The zero-order valence-corrected chi connectivity index (χ0v) is 15.2. The lowest BCUT2D eigenvalue weighted by atomic mass is 9.91. The quantitative estimate of drug-likeness (QED) is 0.681. The summed E-state index contributed by atoms with van der Waals surface area (Å²) >= 11 is 0. The number of hydrogen-bond acceptors (Lipinski definition) is 3. The first-order valence-corrected chi connectivity index (χ1v) is 9.63. The third-order valence-electron chi connectivity index (χ3n) is 5.55. The Morgan fingerprint density at radius 2 is 1.84 bits per heavy atom. The molecule has 2 aliphatic carbocycles. The number of rotatable bonds is 8. The molecule has 0 spiro atoms. The predicted octanol–water partition coefficient (Wildman–Crippen LogP) is 2.84. The van der Waals surface area contributed by atoms with E-state index in [4.69, 9.17) is 5.73 Å². The Bertz CT molecular complexity index is 590. The first-order valence-electron chi connectivity index (χ1n) is 9.63. The van der Waals surface area contributed by atoms with Gasteiger partial charge < -0.3 is 16.4 Å². The Morgan fingerprint density at radius 1 is 1.16 bits per heavy atom. The number of nitrogens with one attached hydrogen (secondary N) is 2. The molecule has 0 saturated heterocycles. The van der Waals surface area contributed by atoms with Crippen molar-refractivity contribution in [3.05, 3.63) is 41.5 Å². The van der Waals surface area contributed by atoms with Gasteiger partial charge in [-0.2, -0.15) is 0 Å². The number of nitrogens with two attached hydrogens (primary N) is 1. The van der Waals surface area contributed by atoms with Gasteiger partial charge in [-0.3, -0.25) is 4.79 Å². The number of benzene rings is 1. The van der Waals surface area contributed by atoms with E-state index >= 15 is 0 Å². The maximum Gasteiger partial charge on any atom is 0.218 e. The molecular formula is C21H31N3O. The van der Waals surface area contributed by atoms with Gasteiger partial charge in [0.25, 0.3) is 0 Å². The van der Waals surface area contributed by atoms with E-state index in [0.717, 1.165) is 0 Å². The van der Waals surface area contributed by atoms with Crippen LogP contribution in [0.3, 0.4) is 0 Å². The van der Waals surface area contributed by atoms with E-state index in [9.17, 15) is 4.79 Å². The zero-order valence-electron chi connectivity index (χ0n) is 15.2. The molecule has 4 heteroatoms. The zero-order chi connectivity index (χ0) is 17.6. The molecule has 1 amide bonds. The van der Waals surface area contributed by atoms with Crippen molar-refractivity contribution in [2.45, 2.75) is 63.6 Å². The van der Waals surface area contributed by atoms with Gasteiger partial charge in [-0.15, -0.1) is 0 Å². The third-order valence-corrected chi connectivity index (χ3v) is 5.55. The average Bonchev–Trinajstić information content (AvgIpc) is 3.36. The summed E-state index contributed by atoms with van der Waals surface area (Å²) in [4.78, 5) is 10.8.